The second-order valence-electron chi connectivity index (χ2n) is 4.85. The van der Waals surface area contributed by atoms with Crippen LogP contribution in [0.1, 0.15) is 17.3 Å². The minimum absolute atomic E-state index is 0.218. The number of hydrogen-bond acceptors (Lipinski definition) is 7. The van der Waals surface area contributed by atoms with Gasteiger partial charge < -0.3 is 25.3 Å². The molecule has 1 aromatic rings. The molecule has 0 aliphatic carbocycles. The van der Waals surface area contributed by atoms with Crippen molar-refractivity contribution in [1.82, 2.24) is 10.3 Å². The number of hydrogen-bond donors (Lipinski definition) is 2. The summed E-state index contributed by atoms with van der Waals surface area (Å²) in [6.07, 6.45) is 1.14. The molecule has 2 heterocycles. The van der Waals surface area contributed by atoms with Crippen LogP contribution in [0.5, 0.6) is 5.75 Å². The standard InChI is InChI=1S/C13H19N3O4/c1-13(19-3)7-15-6-10(13)20-9-4-8(12(17)18-2)5-16-11(9)14/h4-5,10,15H,6-7H2,1-3H3,(H2,14,16). The quantitative estimate of drug-likeness (QED) is 0.761. The van der Waals surface area contributed by atoms with Gasteiger partial charge in [-0.2, -0.15) is 0 Å². The summed E-state index contributed by atoms with van der Waals surface area (Å²) < 4.78 is 16.0. The minimum Gasteiger partial charge on any atom is -0.482 e. The number of rotatable bonds is 4. The van der Waals surface area contributed by atoms with Crippen molar-refractivity contribution >= 4 is 11.8 Å². The number of aromatic nitrogens is 1. The zero-order valence-corrected chi connectivity index (χ0v) is 11.8. The zero-order chi connectivity index (χ0) is 14.8. The van der Waals surface area contributed by atoms with Crippen LogP contribution >= 0.6 is 0 Å². The van der Waals surface area contributed by atoms with Gasteiger partial charge in [0.1, 0.15) is 11.7 Å². The first-order valence-electron chi connectivity index (χ1n) is 6.26. The third-order valence-corrected chi connectivity index (χ3v) is 3.53. The normalized spacial score (nSPS) is 25.4. The molecule has 1 aliphatic heterocycles. The van der Waals surface area contributed by atoms with Crippen LogP contribution in [0.3, 0.4) is 0 Å². The maximum atomic E-state index is 11.5. The van der Waals surface area contributed by atoms with Crippen LogP contribution in [0.2, 0.25) is 0 Å². The zero-order valence-electron chi connectivity index (χ0n) is 11.8. The SMILES string of the molecule is COC(=O)c1cnc(N)c(OC2CNCC2(C)OC)c1. The Morgan fingerprint density at radius 3 is 2.95 bits per heavy atom. The summed E-state index contributed by atoms with van der Waals surface area (Å²) in [6, 6.07) is 1.53. The van der Waals surface area contributed by atoms with E-state index in [2.05, 4.69) is 15.0 Å². The fourth-order valence-corrected chi connectivity index (χ4v) is 2.08. The number of carbonyl (C=O) groups is 1. The van der Waals surface area contributed by atoms with Crippen LogP contribution in [-0.2, 0) is 9.47 Å². The average molecular weight is 281 g/mol. The van der Waals surface area contributed by atoms with Crippen molar-refractivity contribution in [3.8, 4) is 5.75 Å². The summed E-state index contributed by atoms with van der Waals surface area (Å²) in [5.74, 6) is 0.0919. The average Bonchev–Trinajstić information content (AvgIpc) is 2.82. The van der Waals surface area contributed by atoms with Crippen molar-refractivity contribution in [3.63, 3.8) is 0 Å². The molecular weight excluding hydrogens is 262 g/mol. The number of carbonyl (C=O) groups excluding carboxylic acids is 1. The fraction of sp³-hybridized carbons (Fsp3) is 0.538. The third kappa shape index (κ3) is 2.68. The van der Waals surface area contributed by atoms with Crippen molar-refractivity contribution in [1.29, 1.82) is 0 Å². The van der Waals surface area contributed by atoms with E-state index in [9.17, 15) is 4.79 Å². The Balaban J connectivity index is 2.22. The van der Waals surface area contributed by atoms with E-state index >= 15 is 0 Å². The summed E-state index contributed by atoms with van der Waals surface area (Å²) in [7, 11) is 2.94. The largest absolute Gasteiger partial charge is 0.482 e. The highest BCUT2D eigenvalue weighted by molar-refractivity contribution is 5.89. The summed E-state index contributed by atoms with van der Waals surface area (Å²) >= 11 is 0. The minimum atomic E-state index is -0.485. The van der Waals surface area contributed by atoms with E-state index < -0.39 is 11.6 Å². The molecule has 2 atom stereocenters. The molecule has 110 valence electrons. The van der Waals surface area contributed by atoms with Crippen molar-refractivity contribution in [3.05, 3.63) is 17.8 Å². The van der Waals surface area contributed by atoms with E-state index in [-0.39, 0.29) is 11.9 Å². The molecule has 1 aromatic heterocycles. The molecule has 2 rings (SSSR count). The topological polar surface area (TPSA) is 95.7 Å². The van der Waals surface area contributed by atoms with Crippen LogP contribution in [0.4, 0.5) is 5.82 Å². The Labute approximate surface area is 117 Å². The van der Waals surface area contributed by atoms with Gasteiger partial charge in [0, 0.05) is 32.5 Å². The van der Waals surface area contributed by atoms with Gasteiger partial charge in [0.25, 0.3) is 0 Å². The lowest BCUT2D eigenvalue weighted by atomic mass is 10.0. The molecule has 20 heavy (non-hydrogen) atoms. The van der Waals surface area contributed by atoms with Crippen LogP contribution < -0.4 is 15.8 Å². The highest BCUT2D eigenvalue weighted by Gasteiger charge is 2.41. The highest BCUT2D eigenvalue weighted by atomic mass is 16.5. The maximum Gasteiger partial charge on any atom is 0.339 e. The predicted octanol–water partition coefficient (Wildman–Crippen LogP) is 0.206. The van der Waals surface area contributed by atoms with E-state index in [1.165, 1.54) is 19.4 Å². The molecule has 1 fully saturated rings. The third-order valence-electron chi connectivity index (χ3n) is 3.53. The van der Waals surface area contributed by atoms with Crippen LogP contribution in [0, 0.1) is 0 Å². The molecule has 7 nitrogen and oxygen atoms in total. The van der Waals surface area contributed by atoms with Crippen molar-refractivity contribution in [2.24, 2.45) is 0 Å². The molecule has 2 unspecified atom stereocenters. The number of nitrogens with two attached hydrogens (primary N) is 1. The molecule has 1 aliphatic rings. The second kappa shape index (κ2) is 5.64. The monoisotopic (exact) mass is 281 g/mol. The lowest BCUT2D eigenvalue weighted by molar-refractivity contribution is -0.0468. The molecule has 0 saturated carbocycles. The number of nitrogens with one attached hydrogen (secondary N) is 1. The molecule has 3 N–H and O–H groups in total. The van der Waals surface area contributed by atoms with Gasteiger partial charge in [-0.05, 0) is 6.92 Å². The Hall–Kier alpha value is -1.86. The van der Waals surface area contributed by atoms with Crippen LogP contribution in [0.25, 0.3) is 0 Å². The van der Waals surface area contributed by atoms with Crippen molar-refractivity contribution in [2.75, 3.05) is 33.0 Å². The van der Waals surface area contributed by atoms with Crippen LogP contribution in [0.15, 0.2) is 12.3 Å². The fourth-order valence-electron chi connectivity index (χ4n) is 2.08. The van der Waals surface area contributed by atoms with Gasteiger partial charge in [-0.15, -0.1) is 0 Å². The number of nitrogens with zero attached hydrogens (tertiary/aromatic N) is 1. The highest BCUT2D eigenvalue weighted by Crippen LogP contribution is 2.28. The molecule has 0 aromatic carbocycles. The van der Waals surface area contributed by atoms with Gasteiger partial charge >= 0.3 is 5.97 Å². The van der Waals surface area contributed by atoms with E-state index in [4.69, 9.17) is 15.2 Å². The number of anilines is 1. The van der Waals surface area contributed by atoms with Crippen molar-refractivity contribution in [2.45, 2.75) is 18.6 Å². The molecule has 1 saturated heterocycles. The Bertz CT molecular complexity index is 508. The first-order valence-corrected chi connectivity index (χ1v) is 6.26. The number of methoxy groups -OCH3 is 2. The van der Waals surface area contributed by atoms with E-state index in [0.717, 1.165) is 0 Å². The summed E-state index contributed by atoms with van der Waals surface area (Å²) in [6.45, 7) is 3.26. The van der Waals surface area contributed by atoms with Gasteiger partial charge in [-0.3, -0.25) is 0 Å². The van der Waals surface area contributed by atoms with Gasteiger partial charge in [0.2, 0.25) is 0 Å². The number of ether oxygens (including phenoxy) is 3. The Morgan fingerprint density at radius 2 is 2.30 bits per heavy atom. The first-order chi connectivity index (χ1) is 9.50. The molecule has 0 amide bonds. The van der Waals surface area contributed by atoms with Gasteiger partial charge in [0.05, 0.1) is 12.7 Å². The van der Waals surface area contributed by atoms with Crippen molar-refractivity contribution < 1.29 is 19.0 Å². The maximum absolute atomic E-state index is 11.5. The number of esters is 1. The first kappa shape index (κ1) is 14.5. The Kier molecular flexibility index (Phi) is 4.10. The molecule has 0 spiro atoms. The summed E-state index contributed by atoms with van der Waals surface area (Å²) in [5.41, 5.74) is 5.63. The number of pyridine rings is 1. The van der Waals surface area contributed by atoms with E-state index in [1.807, 2.05) is 6.92 Å². The summed E-state index contributed by atoms with van der Waals surface area (Å²) in [5, 5.41) is 3.20. The smallest absolute Gasteiger partial charge is 0.339 e. The Morgan fingerprint density at radius 1 is 1.55 bits per heavy atom. The molecule has 0 bridgehead atoms. The second-order valence-corrected chi connectivity index (χ2v) is 4.85. The van der Waals surface area contributed by atoms with Gasteiger partial charge in [-0.1, -0.05) is 0 Å². The van der Waals surface area contributed by atoms with E-state index in [0.29, 0.717) is 24.4 Å². The lowest BCUT2D eigenvalue weighted by Gasteiger charge is -2.29. The number of nitrogen functional groups attached to an aromatic ring is 1. The summed E-state index contributed by atoms with van der Waals surface area (Å²) in [4.78, 5) is 15.5. The van der Waals surface area contributed by atoms with Gasteiger partial charge in [-0.25, -0.2) is 9.78 Å². The van der Waals surface area contributed by atoms with Gasteiger partial charge in [0.15, 0.2) is 11.6 Å². The van der Waals surface area contributed by atoms with Crippen LogP contribution in [-0.4, -0.2) is 50.0 Å². The lowest BCUT2D eigenvalue weighted by Crippen LogP contribution is -2.43. The van der Waals surface area contributed by atoms with E-state index in [1.54, 1.807) is 7.11 Å². The molecule has 7 heteroatoms. The predicted molar refractivity (Wildman–Crippen MR) is 72.7 cm³/mol. The molecular formula is C13H19N3O4. The molecule has 0 radical (unpaired) electrons.